The minimum absolute atomic E-state index is 0.629. The Kier molecular flexibility index (Phi) is 2.64. The topological polar surface area (TPSA) is 12.0 Å². The van der Waals surface area contributed by atoms with Gasteiger partial charge in [-0.15, -0.1) is 0 Å². The first-order chi connectivity index (χ1) is 6.17. The zero-order chi connectivity index (χ0) is 9.31. The van der Waals surface area contributed by atoms with E-state index in [4.69, 9.17) is 0 Å². The molecule has 0 aromatic heterocycles. The Labute approximate surface area is 82.3 Å². The van der Waals surface area contributed by atoms with Gasteiger partial charge in [0.1, 0.15) is 0 Å². The molecule has 0 aromatic rings. The first-order valence-electron chi connectivity index (χ1n) is 5.91. The smallest absolute Gasteiger partial charge is 0.00955 e. The Bertz CT molecular complexity index is 168. The van der Waals surface area contributed by atoms with Crippen molar-refractivity contribution in [1.82, 2.24) is 5.32 Å². The van der Waals surface area contributed by atoms with Gasteiger partial charge < -0.3 is 5.32 Å². The zero-order valence-corrected chi connectivity index (χ0v) is 9.10. The van der Waals surface area contributed by atoms with Crippen molar-refractivity contribution in [2.24, 2.45) is 11.3 Å². The van der Waals surface area contributed by atoms with Crippen LogP contribution in [0.4, 0.5) is 0 Å². The maximum Gasteiger partial charge on any atom is 0.00955 e. The van der Waals surface area contributed by atoms with E-state index in [-0.39, 0.29) is 0 Å². The molecule has 0 radical (unpaired) electrons. The minimum Gasteiger partial charge on any atom is -0.314 e. The van der Waals surface area contributed by atoms with Gasteiger partial charge in [0.15, 0.2) is 0 Å². The van der Waals surface area contributed by atoms with Crippen LogP contribution in [0.25, 0.3) is 0 Å². The predicted octanol–water partition coefficient (Wildman–Crippen LogP) is 2.95. The predicted molar refractivity (Wildman–Crippen MR) is 56.8 cm³/mol. The standard InChI is InChI=1S/C12H23N/c1-12(2)7-6-10(9-12)11-5-3-4-8-13-11/h10-11,13H,3-9H2,1-2H3. The molecule has 1 aliphatic carbocycles. The van der Waals surface area contributed by atoms with E-state index in [1.807, 2.05) is 0 Å². The second-order valence-corrected chi connectivity index (χ2v) is 5.72. The van der Waals surface area contributed by atoms with Crippen LogP contribution < -0.4 is 5.32 Å². The summed E-state index contributed by atoms with van der Waals surface area (Å²) in [6, 6.07) is 0.857. The number of hydrogen-bond acceptors (Lipinski definition) is 1. The van der Waals surface area contributed by atoms with Crippen molar-refractivity contribution in [1.29, 1.82) is 0 Å². The van der Waals surface area contributed by atoms with Crippen molar-refractivity contribution in [2.45, 2.75) is 58.4 Å². The van der Waals surface area contributed by atoms with E-state index in [1.165, 1.54) is 45.1 Å². The third-order valence-electron chi connectivity index (χ3n) is 3.92. The van der Waals surface area contributed by atoms with Crippen molar-refractivity contribution in [3.8, 4) is 0 Å². The highest BCUT2D eigenvalue weighted by molar-refractivity contribution is 4.89. The fraction of sp³-hybridized carbons (Fsp3) is 1.00. The molecule has 1 nitrogen and oxygen atoms in total. The maximum absolute atomic E-state index is 3.70. The average Bonchev–Trinajstić information content (AvgIpc) is 2.48. The lowest BCUT2D eigenvalue weighted by molar-refractivity contribution is 0.273. The molecule has 0 spiro atoms. The number of rotatable bonds is 1. The summed E-state index contributed by atoms with van der Waals surface area (Å²) in [5.41, 5.74) is 0.629. The van der Waals surface area contributed by atoms with Crippen LogP contribution in [0.15, 0.2) is 0 Å². The van der Waals surface area contributed by atoms with Gasteiger partial charge in [-0.3, -0.25) is 0 Å². The molecule has 0 bridgehead atoms. The first-order valence-corrected chi connectivity index (χ1v) is 5.91. The van der Waals surface area contributed by atoms with Crippen LogP contribution in [0.1, 0.15) is 52.4 Å². The quantitative estimate of drug-likeness (QED) is 0.656. The van der Waals surface area contributed by atoms with Crippen molar-refractivity contribution < 1.29 is 0 Å². The molecule has 1 saturated carbocycles. The van der Waals surface area contributed by atoms with Gasteiger partial charge in [0.05, 0.1) is 0 Å². The molecule has 1 N–H and O–H groups in total. The third kappa shape index (κ3) is 2.25. The van der Waals surface area contributed by atoms with Crippen molar-refractivity contribution in [3.05, 3.63) is 0 Å². The molecule has 1 heterocycles. The largest absolute Gasteiger partial charge is 0.314 e. The van der Waals surface area contributed by atoms with Crippen LogP contribution >= 0.6 is 0 Å². The summed E-state index contributed by atoms with van der Waals surface area (Å²) in [5, 5.41) is 3.70. The van der Waals surface area contributed by atoms with E-state index in [9.17, 15) is 0 Å². The molecular formula is C12H23N. The van der Waals surface area contributed by atoms with Gasteiger partial charge in [0.25, 0.3) is 0 Å². The summed E-state index contributed by atoms with van der Waals surface area (Å²) in [6.45, 7) is 6.12. The summed E-state index contributed by atoms with van der Waals surface area (Å²) >= 11 is 0. The van der Waals surface area contributed by atoms with Crippen LogP contribution in [0.5, 0.6) is 0 Å². The van der Waals surface area contributed by atoms with E-state index < -0.39 is 0 Å². The van der Waals surface area contributed by atoms with Crippen LogP contribution in [0.2, 0.25) is 0 Å². The molecule has 1 saturated heterocycles. The van der Waals surface area contributed by atoms with Gasteiger partial charge in [0.2, 0.25) is 0 Å². The number of nitrogens with one attached hydrogen (secondary N) is 1. The van der Waals surface area contributed by atoms with Crippen LogP contribution in [-0.2, 0) is 0 Å². The second kappa shape index (κ2) is 3.61. The molecule has 1 aliphatic heterocycles. The van der Waals surface area contributed by atoms with E-state index in [2.05, 4.69) is 19.2 Å². The van der Waals surface area contributed by atoms with E-state index in [0.717, 1.165) is 12.0 Å². The van der Waals surface area contributed by atoms with Crippen LogP contribution in [0.3, 0.4) is 0 Å². The van der Waals surface area contributed by atoms with Gasteiger partial charge in [-0.1, -0.05) is 20.3 Å². The van der Waals surface area contributed by atoms with Gasteiger partial charge in [-0.2, -0.15) is 0 Å². The van der Waals surface area contributed by atoms with Gasteiger partial charge in [-0.05, 0) is 50.0 Å². The number of hydrogen-bond donors (Lipinski definition) is 1. The molecule has 0 aromatic carbocycles. The molecule has 76 valence electrons. The van der Waals surface area contributed by atoms with Crippen molar-refractivity contribution in [3.63, 3.8) is 0 Å². The Morgan fingerprint density at radius 3 is 2.54 bits per heavy atom. The van der Waals surface area contributed by atoms with E-state index in [0.29, 0.717) is 5.41 Å². The molecule has 2 fully saturated rings. The fourth-order valence-electron chi connectivity index (χ4n) is 3.11. The van der Waals surface area contributed by atoms with Gasteiger partial charge in [-0.25, -0.2) is 0 Å². The molecule has 2 unspecified atom stereocenters. The molecule has 0 amide bonds. The van der Waals surface area contributed by atoms with Gasteiger partial charge >= 0.3 is 0 Å². The normalized spacial score (nSPS) is 39.2. The lowest BCUT2D eigenvalue weighted by atomic mass is 9.86. The Hall–Kier alpha value is -0.0400. The van der Waals surface area contributed by atoms with Crippen molar-refractivity contribution >= 4 is 0 Å². The van der Waals surface area contributed by atoms with E-state index >= 15 is 0 Å². The number of piperidine rings is 1. The first kappa shape index (κ1) is 9.51. The molecular weight excluding hydrogens is 158 g/mol. The van der Waals surface area contributed by atoms with Crippen LogP contribution in [-0.4, -0.2) is 12.6 Å². The molecule has 2 aliphatic rings. The Morgan fingerprint density at radius 2 is 2.00 bits per heavy atom. The molecule has 13 heavy (non-hydrogen) atoms. The molecule has 2 rings (SSSR count). The Morgan fingerprint density at radius 1 is 1.15 bits per heavy atom. The zero-order valence-electron chi connectivity index (χ0n) is 9.10. The summed E-state index contributed by atoms with van der Waals surface area (Å²) in [5.74, 6) is 0.982. The highest BCUT2D eigenvalue weighted by Gasteiger charge is 2.35. The van der Waals surface area contributed by atoms with Gasteiger partial charge in [0, 0.05) is 6.04 Å². The lowest BCUT2D eigenvalue weighted by Crippen LogP contribution is -2.39. The summed E-state index contributed by atoms with van der Waals surface area (Å²) in [4.78, 5) is 0. The maximum atomic E-state index is 3.70. The molecule has 1 heteroatoms. The second-order valence-electron chi connectivity index (χ2n) is 5.72. The van der Waals surface area contributed by atoms with E-state index in [1.54, 1.807) is 0 Å². The summed E-state index contributed by atoms with van der Waals surface area (Å²) < 4.78 is 0. The third-order valence-corrected chi connectivity index (χ3v) is 3.92. The highest BCUT2D eigenvalue weighted by atomic mass is 14.9. The SMILES string of the molecule is CC1(C)CCC(C2CCCCN2)C1. The summed E-state index contributed by atoms with van der Waals surface area (Å²) in [6.07, 6.45) is 8.63. The minimum atomic E-state index is 0.629. The summed E-state index contributed by atoms with van der Waals surface area (Å²) in [7, 11) is 0. The van der Waals surface area contributed by atoms with Crippen LogP contribution in [0, 0.1) is 11.3 Å². The Balaban J connectivity index is 1.87. The highest BCUT2D eigenvalue weighted by Crippen LogP contribution is 2.43. The fourth-order valence-corrected chi connectivity index (χ4v) is 3.11. The lowest BCUT2D eigenvalue weighted by Gasteiger charge is -2.29. The van der Waals surface area contributed by atoms with Crippen molar-refractivity contribution in [2.75, 3.05) is 6.54 Å². The average molecular weight is 181 g/mol. The molecule has 2 atom stereocenters. The monoisotopic (exact) mass is 181 g/mol.